The number of rotatable bonds is 4. The Labute approximate surface area is 144 Å². The zero-order valence-corrected chi connectivity index (χ0v) is 13.8. The number of anilines is 1. The monoisotopic (exact) mass is 358 g/mol. The third kappa shape index (κ3) is 3.58. The zero-order chi connectivity index (χ0) is 18.0. The number of sulfone groups is 1. The number of carbonyl (C=O) groups excluding carboxylic acids is 1. The van der Waals surface area contributed by atoms with Gasteiger partial charge >= 0.3 is 0 Å². The van der Waals surface area contributed by atoms with Crippen LogP contribution in [0.3, 0.4) is 0 Å². The first-order valence-electron chi connectivity index (χ1n) is 7.41. The topological polar surface area (TPSA) is 97.6 Å². The average Bonchev–Trinajstić information content (AvgIpc) is 2.95. The number of amides is 1. The Kier molecular flexibility index (Phi) is 4.37. The number of hydrogen-bond donors (Lipinski definition) is 0. The molecule has 0 saturated carbocycles. The number of hydrogen-bond acceptors (Lipinski definition) is 5. The van der Waals surface area contributed by atoms with Crippen molar-refractivity contribution >= 4 is 27.1 Å². The summed E-state index contributed by atoms with van der Waals surface area (Å²) in [4.78, 5) is 24.7. The van der Waals surface area contributed by atoms with E-state index in [9.17, 15) is 23.3 Å². The van der Waals surface area contributed by atoms with Crippen LogP contribution in [0.2, 0.25) is 0 Å². The lowest BCUT2D eigenvalue weighted by Crippen LogP contribution is -2.41. The predicted octanol–water partition coefficient (Wildman–Crippen LogP) is 2.55. The van der Waals surface area contributed by atoms with Crippen molar-refractivity contribution in [1.29, 1.82) is 0 Å². The number of para-hydroxylation sites is 1. The quantitative estimate of drug-likeness (QED) is 0.618. The minimum atomic E-state index is -3.37. The van der Waals surface area contributed by atoms with Gasteiger partial charge in [0.25, 0.3) is 11.6 Å². The van der Waals surface area contributed by atoms with Crippen molar-refractivity contribution in [1.82, 2.24) is 0 Å². The molecule has 1 heterocycles. The fourth-order valence-electron chi connectivity index (χ4n) is 2.66. The van der Waals surface area contributed by atoms with Crippen LogP contribution in [0.4, 0.5) is 11.4 Å². The molecule has 2 aromatic carbocycles. The van der Waals surface area contributed by atoms with Crippen LogP contribution in [-0.4, -0.2) is 31.0 Å². The smallest absolute Gasteiger partial charge is 0.270 e. The van der Waals surface area contributed by atoms with Gasteiger partial charge < -0.3 is 4.90 Å². The molecule has 0 aromatic heterocycles. The van der Waals surface area contributed by atoms with Crippen LogP contribution in [0.15, 0.2) is 66.1 Å². The molecule has 0 saturated heterocycles. The molecule has 1 unspecified atom stereocenters. The van der Waals surface area contributed by atoms with E-state index in [1.165, 1.54) is 35.2 Å². The fraction of sp³-hybridized carbons (Fsp3) is 0.118. The summed E-state index contributed by atoms with van der Waals surface area (Å²) in [6.07, 6.45) is 1.46. The maximum atomic E-state index is 13.0. The largest absolute Gasteiger partial charge is 0.300 e. The highest BCUT2D eigenvalue weighted by atomic mass is 32.2. The van der Waals surface area contributed by atoms with Crippen molar-refractivity contribution in [2.24, 2.45) is 0 Å². The summed E-state index contributed by atoms with van der Waals surface area (Å²) in [6.45, 7) is 0. The van der Waals surface area contributed by atoms with E-state index in [2.05, 4.69) is 0 Å². The van der Waals surface area contributed by atoms with Gasteiger partial charge in [0.05, 0.1) is 16.7 Å². The van der Waals surface area contributed by atoms with E-state index in [4.69, 9.17) is 0 Å². The van der Waals surface area contributed by atoms with Gasteiger partial charge in [-0.25, -0.2) is 8.42 Å². The molecule has 1 atom stereocenters. The van der Waals surface area contributed by atoms with Crippen molar-refractivity contribution in [3.8, 4) is 0 Å². The summed E-state index contributed by atoms with van der Waals surface area (Å²) in [5.74, 6) is -0.718. The van der Waals surface area contributed by atoms with Gasteiger partial charge in [-0.05, 0) is 24.3 Å². The highest BCUT2D eigenvalue weighted by Gasteiger charge is 2.32. The van der Waals surface area contributed by atoms with Gasteiger partial charge in [-0.2, -0.15) is 0 Å². The molecule has 1 aliphatic rings. The van der Waals surface area contributed by atoms with Gasteiger partial charge in [0, 0.05) is 28.8 Å². The van der Waals surface area contributed by atoms with Crippen molar-refractivity contribution in [3.63, 3.8) is 0 Å². The van der Waals surface area contributed by atoms with Crippen LogP contribution < -0.4 is 4.90 Å². The van der Waals surface area contributed by atoms with Gasteiger partial charge in [-0.3, -0.25) is 14.9 Å². The number of non-ortho nitro benzene ring substituents is 1. The minimum Gasteiger partial charge on any atom is -0.300 e. The first-order valence-corrected chi connectivity index (χ1v) is 9.13. The predicted molar refractivity (Wildman–Crippen MR) is 93.1 cm³/mol. The van der Waals surface area contributed by atoms with E-state index in [1.54, 1.807) is 30.3 Å². The second-order valence-electron chi connectivity index (χ2n) is 5.54. The maximum absolute atomic E-state index is 13.0. The molecule has 1 aliphatic heterocycles. The lowest BCUT2D eigenvalue weighted by Gasteiger charge is -2.27. The summed E-state index contributed by atoms with van der Waals surface area (Å²) in [5.41, 5.74) is 0.440. The second-order valence-corrected chi connectivity index (χ2v) is 7.47. The van der Waals surface area contributed by atoms with Gasteiger partial charge in [0.15, 0.2) is 9.84 Å². The van der Waals surface area contributed by atoms with Crippen LogP contribution in [0.1, 0.15) is 10.4 Å². The van der Waals surface area contributed by atoms with Gasteiger partial charge in [-0.15, -0.1) is 0 Å². The molecule has 8 heteroatoms. The van der Waals surface area contributed by atoms with Crippen molar-refractivity contribution < 1.29 is 18.1 Å². The van der Waals surface area contributed by atoms with Crippen molar-refractivity contribution in [2.75, 3.05) is 10.7 Å². The lowest BCUT2D eigenvalue weighted by molar-refractivity contribution is -0.384. The molecular weight excluding hydrogens is 344 g/mol. The normalized spacial score (nSPS) is 18.0. The summed E-state index contributed by atoms with van der Waals surface area (Å²) in [7, 11) is -3.37. The Bertz CT molecular complexity index is 954. The highest BCUT2D eigenvalue weighted by Crippen LogP contribution is 2.25. The van der Waals surface area contributed by atoms with E-state index in [0.717, 1.165) is 5.41 Å². The molecule has 128 valence electrons. The van der Waals surface area contributed by atoms with Crippen LogP contribution in [0.25, 0.3) is 0 Å². The second kappa shape index (κ2) is 6.48. The number of nitro benzene ring substituents is 1. The Morgan fingerprint density at radius 2 is 1.84 bits per heavy atom. The molecule has 0 aliphatic carbocycles. The third-order valence-corrected chi connectivity index (χ3v) is 5.18. The molecule has 1 amide bonds. The van der Waals surface area contributed by atoms with E-state index in [-0.39, 0.29) is 17.0 Å². The highest BCUT2D eigenvalue weighted by molar-refractivity contribution is 7.94. The molecule has 0 spiro atoms. The van der Waals surface area contributed by atoms with E-state index in [0.29, 0.717) is 5.69 Å². The van der Waals surface area contributed by atoms with E-state index < -0.39 is 26.7 Å². The molecule has 0 radical (unpaired) electrons. The first-order chi connectivity index (χ1) is 11.9. The minimum absolute atomic E-state index is 0.121. The van der Waals surface area contributed by atoms with E-state index in [1.807, 2.05) is 0 Å². The van der Waals surface area contributed by atoms with Gasteiger partial charge in [0.1, 0.15) is 0 Å². The molecule has 25 heavy (non-hydrogen) atoms. The molecule has 0 N–H and O–H groups in total. The summed E-state index contributed by atoms with van der Waals surface area (Å²) >= 11 is 0. The van der Waals surface area contributed by atoms with Crippen molar-refractivity contribution in [2.45, 2.75) is 6.04 Å². The maximum Gasteiger partial charge on any atom is 0.270 e. The standard InChI is InChI=1S/C17H14N2O5S/c20-17(13-5-4-8-15(11-13)19(21)22)18(14-6-2-1-3-7-14)16-9-10-25(23,24)12-16/h1-11,16H,12H2. The molecule has 0 fully saturated rings. The lowest BCUT2D eigenvalue weighted by atomic mass is 10.1. The number of nitrogens with zero attached hydrogens (tertiary/aromatic N) is 2. The van der Waals surface area contributed by atoms with Crippen LogP contribution >= 0.6 is 0 Å². The summed E-state index contributed by atoms with van der Waals surface area (Å²) in [6, 6.07) is 13.3. The number of nitro groups is 1. The Morgan fingerprint density at radius 3 is 2.44 bits per heavy atom. The summed E-state index contributed by atoms with van der Waals surface area (Å²) < 4.78 is 23.5. The Hall–Kier alpha value is -3.00. The fourth-order valence-corrected chi connectivity index (χ4v) is 3.93. The van der Waals surface area contributed by atoms with Crippen molar-refractivity contribution in [3.05, 3.63) is 81.8 Å². The Balaban J connectivity index is 2.03. The average molecular weight is 358 g/mol. The van der Waals surface area contributed by atoms with Gasteiger partial charge in [-0.1, -0.05) is 24.3 Å². The molecular formula is C17H14N2O5S. The Morgan fingerprint density at radius 1 is 1.12 bits per heavy atom. The number of benzene rings is 2. The van der Waals surface area contributed by atoms with E-state index >= 15 is 0 Å². The van der Waals surface area contributed by atoms with Crippen LogP contribution in [0, 0.1) is 10.1 Å². The van der Waals surface area contributed by atoms with Crippen LogP contribution in [0.5, 0.6) is 0 Å². The first kappa shape index (κ1) is 16.8. The zero-order valence-electron chi connectivity index (χ0n) is 13.0. The van der Waals surface area contributed by atoms with Crippen LogP contribution in [-0.2, 0) is 9.84 Å². The SMILES string of the molecule is O=C(c1cccc([N+](=O)[O-])c1)N(c1ccccc1)C1C=CS(=O)(=O)C1. The van der Waals surface area contributed by atoms with Gasteiger partial charge in [0.2, 0.25) is 0 Å². The molecule has 0 bridgehead atoms. The third-order valence-electron chi connectivity index (χ3n) is 3.80. The number of carbonyl (C=O) groups is 1. The molecule has 2 aromatic rings. The summed E-state index contributed by atoms with van der Waals surface area (Å²) in [5, 5.41) is 12.0. The molecule has 7 nitrogen and oxygen atoms in total. The molecule has 3 rings (SSSR count).